The minimum atomic E-state index is 0.470. The Morgan fingerprint density at radius 2 is 2.25 bits per heavy atom. The van der Waals surface area contributed by atoms with E-state index in [0.717, 1.165) is 24.3 Å². The molecular formula is C9H17N3. The van der Waals surface area contributed by atoms with Gasteiger partial charge < -0.3 is 5.73 Å². The van der Waals surface area contributed by atoms with Crippen molar-refractivity contribution in [1.29, 1.82) is 0 Å². The fourth-order valence-electron chi connectivity index (χ4n) is 1.19. The number of anilines is 1. The number of aromatic nitrogens is 2. The fraction of sp³-hybridized carbons (Fsp3) is 0.667. The number of nitrogens with zero attached hydrogens (tertiary/aromatic N) is 2. The van der Waals surface area contributed by atoms with Crippen LogP contribution in [0.3, 0.4) is 0 Å². The summed E-state index contributed by atoms with van der Waals surface area (Å²) in [6.45, 7) is 7.25. The predicted molar refractivity (Wildman–Crippen MR) is 51.0 cm³/mol. The third-order valence-electron chi connectivity index (χ3n) is 2.22. The van der Waals surface area contributed by atoms with Gasteiger partial charge in [-0.1, -0.05) is 13.8 Å². The molecule has 2 N–H and O–H groups in total. The molecule has 0 saturated heterocycles. The summed E-state index contributed by atoms with van der Waals surface area (Å²) in [7, 11) is 0. The first-order valence-corrected chi connectivity index (χ1v) is 4.51. The van der Waals surface area contributed by atoms with E-state index in [2.05, 4.69) is 25.9 Å². The van der Waals surface area contributed by atoms with Gasteiger partial charge >= 0.3 is 0 Å². The number of hydrogen-bond acceptors (Lipinski definition) is 2. The van der Waals surface area contributed by atoms with Crippen LogP contribution in [0.15, 0.2) is 6.20 Å². The third kappa shape index (κ3) is 1.60. The van der Waals surface area contributed by atoms with E-state index in [-0.39, 0.29) is 0 Å². The van der Waals surface area contributed by atoms with Gasteiger partial charge in [0, 0.05) is 18.7 Å². The van der Waals surface area contributed by atoms with Gasteiger partial charge in [0.25, 0.3) is 0 Å². The average Bonchev–Trinajstić information content (AvgIpc) is 2.45. The molecule has 1 rings (SSSR count). The van der Waals surface area contributed by atoms with Gasteiger partial charge in [-0.3, -0.25) is 4.68 Å². The summed E-state index contributed by atoms with van der Waals surface area (Å²) in [5, 5.41) is 4.39. The van der Waals surface area contributed by atoms with Gasteiger partial charge in [-0.15, -0.1) is 0 Å². The molecule has 12 heavy (non-hydrogen) atoms. The summed E-state index contributed by atoms with van der Waals surface area (Å²) in [5.74, 6) is 0.470. The van der Waals surface area contributed by atoms with Crippen LogP contribution in [0, 0.1) is 0 Å². The molecule has 0 amide bonds. The van der Waals surface area contributed by atoms with E-state index < -0.39 is 0 Å². The second-order valence-corrected chi connectivity index (χ2v) is 3.13. The summed E-state index contributed by atoms with van der Waals surface area (Å²) in [6, 6.07) is 0. The zero-order chi connectivity index (χ0) is 9.14. The van der Waals surface area contributed by atoms with Crippen molar-refractivity contribution in [3.05, 3.63) is 11.9 Å². The van der Waals surface area contributed by atoms with Gasteiger partial charge in [-0.25, -0.2) is 0 Å². The molecule has 68 valence electrons. The predicted octanol–water partition coefficient (Wildman–Crippen LogP) is 2.00. The quantitative estimate of drug-likeness (QED) is 0.748. The molecule has 0 aliphatic heterocycles. The Labute approximate surface area is 73.6 Å². The molecule has 1 atom stereocenters. The first kappa shape index (κ1) is 9.10. The zero-order valence-electron chi connectivity index (χ0n) is 8.04. The van der Waals surface area contributed by atoms with Crippen LogP contribution in [0.25, 0.3) is 0 Å². The highest BCUT2D eigenvalue weighted by molar-refractivity contribution is 5.42. The average molecular weight is 167 g/mol. The van der Waals surface area contributed by atoms with Crippen molar-refractivity contribution in [1.82, 2.24) is 9.78 Å². The van der Waals surface area contributed by atoms with Crippen LogP contribution in [-0.4, -0.2) is 9.78 Å². The Kier molecular flexibility index (Phi) is 2.74. The largest absolute Gasteiger partial charge is 0.396 e. The number of nitrogen functional groups attached to an aromatic ring is 1. The van der Waals surface area contributed by atoms with Crippen LogP contribution in [0.4, 0.5) is 5.69 Å². The fourth-order valence-corrected chi connectivity index (χ4v) is 1.19. The standard InChI is InChI=1S/C9H17N3/c1-4-7(3)9-8(10)6-12(5-2)11-9/h6-7H,4-5,10H2,1-3H3. The van der Waals surface area contributed by atoms with E-state index >= 15 is 0 Å². The molecule has 0 fully saturated rings. The highest BCUT2D eigenvalue weighted by Crippen LogP contribution is 2.22. The second kappa shape index (κ2) is 3.61. The summed E-state index contributed by atoms with van der Waals surface area (Å²) < 4.78 is 1.89. The lowest BCUT2D eigenvalue weighted by molar-refractivity contribution is 0.618. The van der Waals surface area contributed by atoms with Gasteiger partial charge in [0.1, 0.15) is 0 Å². The van der Waals surface area contributed by atoms with E-state index in [0.29, 0.717) is 5.92 Å². The van der Waals surface area contributed by atoms with E-state index in [1.54, 1.807) is 0 Å². The maximum absolute atomic E-state index is 5.81. The lowest BCUT2D eigenvalue weighted by atomic mass is 10.0. The molecule has 0 aliphatic carbocycles. The lowest BCUT2D eigenvalue weighted by Gasteiger charge is -2.04. The molecule has 1 aromatic rings. The Morgan fingerprint density at radius 1 is 1.58 bits per heavy atom. The Hall–Kier alpha value is -0.990. The lowest BCUT2D eigenvalue weighted by Crippen LogP contribution is -1.99. The van der Waals surface area contributed by atoms with E-state index in [1.165, 1.54) is 0 Å². The van der Waals surface area contributed by atoms with Crippen LogP contribution < -0.4 is 5.73 Å². The molecule has 1 unspecified atom stereocenters. The third-order valence-corrected chi connectivity index (χ3v) is 2.22. The Morgan fingerprint density at radius 3 is 2.67 bits per heavy atom. The topological polar surface area (TPSA) is 43.8 Å². The molecule has 0 radical (unpaired) electrons. The summed E-state index contributed by atoms with van der Waals surface area (Å²) >= 11 is 0. The molecule has 0 aromatic carbocycles. The zero-order valence-corrected chi connectivity index (χ0v) is 8.04. The van der Waals surface area contributed by atoms with E-state index in [1.807, 2.05) is 10.9 Å². The summed E-state index contributed by atoms with van der Waals surface area (Å²) in [4.78, 5) is 0. The monoisotopic (exact) mass is 167 g/mol. The van der Waals surface area contributed by atoms with Crippen molar-refractivity contribution in [3.63, 3.8) is 0 Å². The van der Waals surface area contributed by atoms with Crippen molar-refractivity contribution >= 4 is 5.69 Å². The van der Waals surface area contributed by atoms with Gasteiger partial charge in [-0.2, -0.15) is 5.10 Å². The van der Waals surface area contributed by atoms with Crippen LogP contribution in [0.5, 0.6) is 0 Å². The molecule has 0 aliphatic rings. The summed E-state index contributed by atoms with van der Waals surface area (Å²) in [6.07, 6.45) is 2.99. The number of hydrogen-bond donors (Lipinski definition) is 1. The van der Waals surface area contributed by atoms with Crippen molar-refractivity contribution in [2.24, 2.45) is 0 Å². The molecule has 3 heteroatoms. The number of aryl methyl sites for hydroxylation is 1. The summed E-state index contributed by atoms with van der Waals surface area (Å²) in [5.41, 5.74) is 7.68. The van der Waals surface area contributed by atoms with Crippen LogP contribution in [0.2, 0.25) is 0 Å². The van der Waals surface area contributed by atoms with E-state index in [4.69, 9.17) is 5.73 Å². The SMILES string of the molecule is CCC(C)c1nn(CC)cc1N. The molecule has 1 aromatic heterocycles. The molecule has 0 bridgehead atoms. The van der Waals surface area contributed by atoms with Crippen molar-refractivity contribution in [2.45, 2.75) is 39.7 Å². The minimum Gasteiger partial charge on any atom is -0.396 e. The van der Waals surface area contributed by atoms with Gasteiger partial charge in [-0.05, 0) is 13.3 Å². The molecule has 0 spiro atoms. The maximum atomic E-state index is 5.81. The highest BCUT2D eigenvalue weighted by Gasteiger charge is 2.10. The molecule has 3 nitrogen and oxygen atoms in total. The van der Waals surface area contributed by atoms with Crippen molar-refractivity contribution < 1.29 is 0 Å². The Bertz CT molecular complexity index is 252. The Balaban J connectivity index is 2.91. The van der Waals surface area contributed by atoms with Crippen LogP contribution >= 0.6 is 0 Å². The van der Waals surface area contributed by atoms with Gasteiger partial charge in [0.05, 0.1) is 11.4 Å². The molecular weight excluding hydrogens is 150 g/mol. The molecule has 0 saturated carbocycles. The number of rotatable bonds is 3. The van der Waals surface area contributed by atoms with Gasteiger partial charge in [0.2, 0.25) is 0 Å². The van der Waals surface area contributed by atoms with E-state index in [9.17, 15) is 0 Å². The number of nitrogens with two attached hydrogens (primary N) is 1. The first-order valence-electron chi connectivity index (χ1n) is 4.51. The van der Waals surface area contributed by atoms with Crippen molar-refractivity contribution in [3.8, 4) is 0 Å². The normalized spacial score (nSPS) is 13.2. The van der Waals surface area contributed by atoms with Crippen LogP contribution in [-0.2, 0) is 6.54 Å². The first-order chi connectivity index (χ1) is 5.69. The minimum absolute atomic E-state index is 0.470. The second-order valence-electron chi connectivity index (χ2n) is 3.13. The van der Waals surface area contributed by atoms with Crippen molar-refractivity contribution in [2.75, 3.05) is 5.73 Å². The highest BCUT2D eigenvalue weighted by atomic mass is 15.3. The maximum Gasteiger partial charge on any atom is 0.0881 e. The molecule has 1 heterocycles. The smallest absolute Gasteiger partial charge is 0.0881 e. The van der Waals surface area contributed by atoms with Gasteiger partial charge in [0.15, 0.2) is 0 Å². The van der Waals surface area contributed by atoms with Crippen LogP contribution in [0.1, 0.15) is 38.8 Å².